The van der Waals surface area contributed by atoms with E-state index in [4.69, 9.17) is 15.8 Å². The van der Waals surface area contributed by atoms with Crippen LogP contribution in [0.5, 0.6) is 5.75 Å². The van der Waals surface area contributed by atoms with Gasteiger partial charge in [0.2, 0.25) is 30.1 Å². The number of alkyl halides is 3. The summed E-state index contributed by atoms with van der Waals surface area (Å²) < 4.78 is 117. The molecule has 0 unspecified atom stereocenters. The molecule has 0 atom stereocenters. The van der Waals surface area contributed by atoms with Gasteiger partial charge in [-0.05, 0) is 95.9 Å². The largest absolute Gasteiger partial charge is 0.573 e. The van der Waals surface area contributed by atoms with Gasteiger partial charge in [-0.1, -0.05) is 32.9 Å². The minimum atomic E-state index is -4.83. The van der Waals surface area contributed by atoms with Gasteiger partial charge in [0.1, 0.15) is 5.75 Å². The number of rotatable bonds is 16. The highest BCUT2D eigenvalue weighted by atomic mass is 32.2. The molecule has 22 heteroatoms. The van der Waals surface area contributed by atoms with Crippen molar-refractivity contribution in [2.24, 2.45) is 10.2 Å². The second kappa shape index (κ2) is 23.9. The number of benzene rings is 4. The quantitative estimate of drug-likeness (QED) is 0.0742. The summed E-state index contributed by atoms with van der Waals surface area (Å²) in [5.41, 5.74) is 3.40. The molecular weight excluding hydrogens is 872 g/mol. The van der Waals surface area contributed by atoms with E-state index in [1.165, 1.54) is 12.1 Å². The fourth-order valence-electron chi connectivity index (χ4n) is 4.55. The summed E-state index contributed by atoms with van der Waals surface area (Å²) in [5, 5.41) is 33.3. The van der Waals surface area contributed by atoms with Gasteiger partial charge in [-0.3, -0.25) is 0 Å². The highest BCUT2D eigenvalue weighted by Gasteiger charge is 2.31. The predicted molar refractivity (Wildman–Crippen MR) is 226 cm³/mol. The van der Waals surface area contributed by atoms with E-state index < -0.39 is 42.2 Å². The summed E-state index contributed by atoms with van der Waals surface area (Å²) in [6, 6.07) is 29.8. The molecule has 0 amide bonds. The average Bonchev–Trinajstić information content (AvgIpc) is 3.20. The van der Waals surface area contributed by atoms with Gasteiger partial charge in [0.15, 0.2) is 0 Å². The normalized spacial score (nSPS) is 11.8. The molecule has 4 rings (SSSR count). The zero-order chi connectivity index (χ0) is 46.6. The fourth-order valence-corrected chi connectivity index (χ4v) is 7.65. The maximum Gasteiger partial charge on any atom is 0.573 e. The molecule has 16 nitrogen and oxygen atoms in total. The van der Waals surface area contributed by atoms with Crippen LogP contribution in [0.3, 0.4) is 0 Å². The van der Waals surface area contributed by atoms with E-state index in [1.807, 2.05) is 67.5 Å². The number of halogens is 3. The number of sulfonamides is 3. The molecule has 0 fully saturated rings. The van der Waals surface area contributed by atoms with Crippen molar-refractivity contribution < 1.29 is 43.2 Å². The predicted octanol–water partition coefficient (Wildman–Crippen LogP) is 7.31. The molecule has 4 aromatic rings. The van der Waals surface area contributed by atoms with E-state index in [2.05, 4.69) is 49.9 Å². The van der Waals surface area contributed by atoms with Crippen LogP contribution in [0.1, 0.15) is 45.6 Å². The summed E-state index contributed by atoms with van der Waals surface area (Å²) in [7, 11) is -7.01. The standard InChI is InChI=1S/C17H19N5O2S.C13H18N2O2S.C10H9F3N2O3S/c1-22(2)16-8-4-14(5-9-16)20-21-15-6-10-17(11-7-15)25(23,24)19-13-3-12-18;1-13(2,3)11-5-7-12(8-6-11)18(16,17)15-10-4-9-14;11-10(12,13)18-8-2-4-9(5-3-8)19(16,17)15-7-1-6-14/h4-11,19H,3,13H2,1-2H3;5-8,15H,4,10H2,1-3H3;2-5,15H,1,7H2. The van der Waals surface area contributed by atoms with Crippen LogP contribution in [0.15, 0.2) is 122 Å². The highest BCUT2D eigenvalue weighted by Crippen LogP contribution is 2.26. The van der Waals surface area contributed by atoms with Crippen molar-refractivity contribution in [3.05, 3.63) is 103 Å². The number of hydrogen-bond donors (Lipinski definition) is 3. The monoisotopic (exact) mass is 917 g/mol. The van der Waals surface area contributed by atoms with Crippen molar-refractivity contribution in [2.45, 2.75) is 66.5 Å². The second-order valence-electron chi connectivity index (χ2n) is 13.8. The molecule has 332 valence electrons. The maximum atomic E-state index is 12.0. The number of anilines is 1. The van der Waals surface area contributed by atoms with Gasteiger partial charge in [0.05, 0.1) is 44.3 Å². The SMILES string of the molecule is CC(C)(C)c1ccc(S(=O)(=O)NCCC#N)cc1.CN(C)c1ccc(N=Nc2ccc(S(=O)(=O)NCCC#N)cc2)cc1.N#CCCNS(=O)(=O)c1ccc(OC(F)(F)F)cc1. The van der Waals surface area contributed by atoms with Crippen LogP contribution in [0.4, 0.5) is 30.2 Å². The van der Waals surface area contributed by atoms with Crippen molar-refractivity contribution in [3.63, 3.8) is 0 Å². The van der Waals surface area contributed by atoms with Gasteiger partial charge in [-0.2, -0.15) is 26.0 Å². The summed E-state index contributed by atoms with van der Waals surface area (Å²) in [5.74, 6) is -0.511. The number of hydrogen-bond acceptors (Lipinski definition) is 13. The first-order valence-corrected chi connectivity index (χ1v) is 22.7. The van der Waals surface area contributed by atoms with Gasteiger partial charge >= 0.3 is 6.36 Å². The molecule has 3 N–H and O–H groups in total. The summed E-state index contributed by atoms with van der Waals surface area (Å²) >= 11 is 0. The van der Waals surface area contributed by atoms with Crippen LogP contribution in [-0.4, -0.2) is 65.3 Å². The van der Waals surface area contributed by atoms with E-state index in [1.54, 1.807) is 30.3 Å². The Balaban J connectivity index is 0.000000326. The lowest BCUT2D eigenvalue weighted by Crippen LogP contribution is -2.24. The van der Waals surface area contributed by atoms with Crippen molar-refractivity contribution in [1.29, 1.82) is 15.8 Å². The summed E-state index contributed by atoms with van der Waals surface area (Å²) in [4.78, 5) is 2.14. The zero-order valence-electron chi connectivity index (χ0n) is 34.4. The van der Waals surface area contributed by atoms with Crippen molar-refractivity contribution in [2.75, 3.05) is 38.6 Å². The summed E-state index contributed by atoms with van der Waals surface area (Å²) in [6.07, 6.45) is -4.54. The average molecular weight is 918 g/mol. The van der Waals surface area contributed by atoms with Crippen LogP contribution in [0.25, 0.3) is 0 Å². The number of nitrogens with zero attached hydrogens (tertiary/aromatic N) is 6. The number of ether oxygens (including phenoxy) is 1. The fraction of sp³-hybridized carbons (Fsp3) is 0.325. The molecule has 0 radical (unpaired) electrons. The topological polar surface area (TPSA) is 247 Å². The number of azo groups is 1. The van der Waals surface area contributed by atoms with Crippen LogP contribution in [0.2, 0.25) is 0 Å². The van der Waals surface area contributed by atoms with Crippen molar-refractivity contribution in [3.8, 4) is 24.0 Å². The number of nitriles is 3. The van der Waals surface area contributed by atoms with E-state index >= 15 is 0 Å². The van der Waals surface area contributed by atoms with Crippen molar-refractivity contribution >= 4 is 47.1 Å². The molecule has 0 bridgehead atoms. The minimum absolute atomic E-state index is 0.00344. The van der Waals surface area contributed by atoms with Gasteiger partial charge in [0.25, 0.3) is 0 Å². The summed E-state index contributed by atoms with van der Waals surface area (Å²) in [6.45, 7) is 6.37. The van der Waals surface area contributed by atoms with Gasteiger partial charge in [-0.25, -0.2) is 39.4 Å². The third kappa shape index (κ3) is 18.8. The third-order valence-electron chi connectivity index (χ3n) is 7.78. The Morgan fingerprint density at radius 3 is 1.19 bits per heavy atom. The molecule has 0 aliphatic rings. The van der Waals surface area contributed by atoms with E-state index in [0.29, 0.717) is 11.4 Å². The molecule has 4 aromatic carbocycles. The third-order valence-corrected chi connectivity index (χ3v) is 12.2. The first-order valence-electron chi connectivity index (χ1n) is 18.3. The van der Waals surface area contributed by atoms with Gasteiger partial charge in [-0.15, -0.1) is 13.2 Å². The van der Waals surface area contributed by atoms with Gasteiger partial charge in [0, 0.05) is 58.7 Å². The van der Waals surface area contributed by atoms with Crippen LogP contribution in [0, 0.1) is 34.0 Å². The molecule has 0 heterocycles. The van der Waals surface area contributed by atoms with E-state index in [-0.39, 0.29) is 59.0 Å². The van der Waals surface area contributed by atoms with E-state index in [0.717, 1.165) is 35.5 Å². The Bertz CT molecular complexity index is 2530. The van der Waals surface area contributed by atoms with Crippen molar-refractivity contribution in [1.82, 2.24) is 14.2 Å². The first kappa shape index (κ1) is 52.2. The van der Waals surface area contributed by atoms with Gasteiger partial charge < -0.3 is 9.64 Å². The Kier molecular flexibility index (Phi) is 20.1. The molecule has 0 aromatic heterocycles. The molecular formula is C40H46F3N9O7S3. The second-order valence-corrected chi connectivity index (χ2v) is 19.1. The molecule has 0 saturated carbocycles. The van der Waals surface area contributed by atoms with Crippen LogP contribution in [-0.2, 0) is 35.5 Å². The lowest BCUT2D eigenvalue weighted by molar-refractivity contribution is -0.274. The van der Waals surface area contributed by atoms with Crippen LogP contribution < -0.4 is 23.8 Å². The maximum absolute atomic E-state index is 12.0. The Hall–Kier alpha value is -5.93. The first-order chi connectivity index (χ1) is 28.9. The Morgan fingerprint density at radius 2 is 0.887 bits per heavy atom. The lowest BCUT2D eigenvalue weighted by Gasteiger charge is -2.19. The minimum Gasteiger partial charge on any atom is -0.406 e. The van der Waals surface area contributed by atoms with E-state index in [9.17, 15) is 38.4 Å². The Morgan fingerprint density at radius 1 is 0.565 bits per heavy atom. The highest BCUT2D eigenvalue weighted by molar-refractivity contribution is 7.90. The number of nitrogens with one attached hydrogen (secondary N) is 3. The molecule has 0 aliphatic heterocycles. The smallest absolute Gasteiger partial charge is 0.406 e. The van der Waals surface area contributed by atoms with Crippen LogP contribution >= 0.6 is 0 Å². The molecule has 62 heavy (non-hydrogen) atoms. The molecule has 0 saturated heterocycles. The molecule has 0 aliphatic carbocycles. The molecule has 0 spiro atoms. The Labute approximate surface area is 360 Å². The zero-order valence-corrected chi connectivity index (χ0v) is 36.8. The lowest BCUT2D eigenvalue weighted by atomic mass is 9.87.